The smallest absolute Gasteiger partial charge is 0.233 e. The summed E-state index contributed by atoms with van der Waals surface area (Å²) in [6.45, 7) is 9.50. The van der Waals surface area contributed by atoms with E-state index in [0.29, 0.717) is 32.0 Å². The highest BCUT2D eigenvalue weighted by atomic mass is 16.4. The van der Waals surface area contributed by atoms with Crippen LogP contribution in [0, 0.1) is 11.3 Å². The van der Waals surface area contributed by atoms with Crippen LogP contribution < -0.4 is 16.4 Å². The maximum Gasteiger partial charge on any atom is 0.233 e. The monoisotopic (exact) mass is 258 g/mol. The predicted molar refractivity (Wildman–Crippen MR) is 72.5 cm³/mol. The van der Waals surface area contributed by atoms with Crippen LogP contribution in [0.3, 0.4) is 0 Å². The molecule has 0 aromatic rings. The Labute approximate surface area is 109 Å². The lowest BCUT2D eigenvalue weighted by molar-refractivity contribution is -0.120. The van der Waals surface area contributed by atoms with E-state index in [1.165, 1.54) is 0 Å². The lowest BCUT2D eigenvalue weighted by Crippen LogP contribution is -2.39. The van der Waals surface area contributed by atoms with Crippen molar-refractivity contribution in [2.24, 2.45) is 22.2 Å². The zero-order valence-electron chi connectivity index (χ0n) is 11.8. The molecule has 0 fully saturated rings. The second-order valence-electron chi connectivity index (χ2n) is 5.49. The number of hydrogen-bond donors (Lipinski definition) is 4. The minimum atomic E-state index is -0.379. The maximum absolute atomic E-state index is 11.4. The van der Waals surface area contributed by atoms with Gasteiger partial charge in [0.15, 0.2) is 0 Å². The topological polar surface area (TPSA) is 99.7 Å². The molecule has 6 heteroatoms. The number of rotatable bonds is 8. The fourth-order valence-corrected chi connectivity index (χ4v) is 1.25. The van der Waals surface area contributed by atoms with E-state index < -0.39 is 0 Å². The summed E-state index contributed by atoms with van der Waals surface area (Å²) in [5, 5.41) is 17.5. The molecular formula is C12H26N4O2. The summed E-state index contributed by atoms with van der Waals surface area (Å²) >= 11 is 0. The quantitative estimate of drug-likeness (QED) is 0.168. The molecule has 5 N–H and O–H groups in total. The molecule has 6 nitrogen and oxygen atoms in total. The number of nitrogens with two attached hydrogens (primary N) is 1. The standard InChI is InChI=1S/C12H26N4O2/c1-9(2)7-15-10(17)8-14-6-5-12(3,4)11(13)16-18/h9,14,18H,5-8H2,1-4H3,(H2,13,16)(H,15,17). The number of amides is 1. The van der Waals surface area contributed by atoms with Gasteiger partial charge in [0.05, 0.1) is 6.54 Å². The lowest BCUT2D eigenvalue weighted by atomic mass is 9.88. The van der Waals surface area contributed by atoms with Gasteiger partial charge in [0, 0.05) is 12.0 Å². The number of carbonyl (C=O) groups excluding carboxylic acids is 1. The Morgan fingerprint density at radius 1 is 1.44 bits per heavy atom. The summed E-state index contributed by atoms with van der Waals surface area (Å²) in [5.41, 5.74) is 5.19. The highest BCUT2D eigenvalue weighted by Gasteiger charge is 2.22. The van der Waals surface area contributed by atoms with Gasteiger partial charge < -0.3 is 21.6 Å². The highest BCUT2D eigenvalue weighted by molar-refractivity contribution is 5.85. The average molecular weight is 258 g/mol. The number of oxime groups is 1. The molecule has 0 bridgehead atoms. The van der Waals surface area contributed by atoms with Gasteiger partial charge in [-0.15, -0.1) is 0 Å². The third-order valence-electron chi connectivity index (χ3n) is 2.72. The van der Waals surface area contributed by atoms with E-state index in [4.69, 9.17) is 10.9 Å². The van der Waals surface area contributed by atoms with Crippen LogP contribution in [0.1, 0.15) is 34.1 Å². The highest BCUT2D eigenvalue weighted by Crippen LogP contribution is 2.19. The van der Waals surface area contributed by atoms with E-state index in [1.54, 1.807) is 0 Å². The predicted octanol–water partition coefficient (Wildman–Crippen LogP) is 0.511. The van der Waals surface area contributed by atoms with Crippen LogP contribution in [-0.2, 0) is 4.79 Å². The first kappa shape index (κ1) is 16.7. The molecule has 0 radical (unpaired) electrons. The first-order valence-electron chi connectivity index (χ1n) is 6.25. The minimum Gasteiger partial charge on any atom is -0.409 e. The molecule has 0 saturated carbocycles. The Morgan fingerprint density at radius 3 is 2.56 bits per heavy atom. The van der Waals surface area contributed by atoms with E-state index in [0.717, 1.165) is 0 Å². The van der Waals surface area contributed by atoms with Gasteiger partial charge in [-0.1, -0.05) is 32.9 Å². The molecule has 0 rings (SSSR count). The Bertz CT molecular complexity index is 288. The average Bonchev–Trinajstić information content (AvgIpc) is 2.30. The molecule has 18 heavy (non-hydrogen) atoms. The molecule has 1 amide bonds. The van der Waals surface area contributed by atoms with Crippen molar-refractivity contribution in [2.45, 2.75) is 34.1 Å². The van der Waals surface area contributed by atoms with Crippen molar-refractivity contribution in [2.75, 3.05) is 19.6 Å². The van der Waals surface area contributed by atoms with Crippen molar-refractivity contribution in [1.29, 1.82) is 0 Å². The summed E-state index contributed by atoms with van der Waals surface area (Å²) in [4.78, 5) is 11.4. The molecule has 0 aliphatic rings. The second kappa shape index (κ2) is 7.92. The van der Waals surface area contributed by atoms with Crippen LogP contribution in [0.2, 0.25) is 0 Å². The molecule has 0 spiro atoms. The van der Waals surface area contributed by atoms with Crippen molar-refractivity contribution in [3.63, 3.8) is 0 Å². The maximum atomic E-state index is 11.4. The van der Waals surface area contributed by atoms with E-state index in [-0.39, 0.29) is 17.2 Å². The molecule has 0 aliphatic carbocycles. The molecule has 0 saturated heterocycles. The largest absolute Gasteiger partial charge is 0.409 e. The first-order chi connectivity index (χ1) is 8.29. The van der Waals surface area contributed by atoms with Crippen molar-refractivity contribution < 1.29 is 10.0 Å². The fourth-order valence-electron chi connectivity index (χ4n) is 1.25. The Balaban J connectivity index is 3.77. The van der Waals surface area contributed by atoms with Crippen LogP contribution >= 0.6 is 0 Å². The zero-order valence-corrected chi connectivity index (χ0v) is 11.8. The van der Waals surface area contributed by atoms with Crippen LogP contribution in [0.25, 0.3) is 0 Å². The molecule has 0 aromatic carbocycles. The summed E-state index contributed by atoms with van der Waals surface area (Å²) < 4.78 is 0. The Morgan fingerprint density at radius 2 is 2.06 bits per heavy atom. The SMILES string of the molecule is CC(C)CNC(=O)CNCCC(C)(C)C(N)=NO. The van der Waals surface area contributed by atoms with Crippen molar-refractivity contribution >= 4 is 11.7 Å². The molecule has 0 unspecified atom stereocenters. The zero-order chi connectivity index (χ0) is 14.2. The lowest BCUT2D eigenvalue weighted by Gasteiger charge is -2.22. The number of amidine groups is 1. The van der Waals surface area contributed by atoms with Crippen molar-refractivity contribution in [3.8, 4) is 0 Å². The number of nitrogens with one attached hydrogen (secondary N) is 2. The number of carbonyl (C=O) groups is 1. The Hall–Kier alpha value is -1.30. The van der Waals surface area contributed by atoms with Gasteiger partial charge in [0.25, 0.3) is 0 Å². The molecule has 0 heterocycles. The van der Waals surface area contributed by atoms with Crippen LogP contribution in [0.5, 0.6) is 0 Å². The van der Waals surface area contributed by atoms with Gasteiger partial charge in [-0.3, -0.25) is 4.79 Å². The van der Waals surface area contributed by atoms with Gasteiger partial charge in [-0.2, -0.15) is 0 Å². The molecule has 0 aromatic heterocycles. The number of nitrogens with zero attached hydrogens (tertiary/aromatic N) is 1. The number of hydrogen-bond acceptors (Lipinski definition) is 4. The van der Waals surface area contributed by atoms with E-state index in [1.807, 2.05) is 27.7 Å². The van der Waals surface area contributed by atoms with Gasteiger partial charge in [0.1, 0.15) is 5.84 Å². The molecule has 106 valence electrons. The van der Waals surface area contributed by atoms with Crippen LogP contribution in [0.15, 0.2) is 5.16 Å². The van der Waals surface area contributed by atoms with Crippen molar-refractivity contribution in [3.05, 3.63) is 0 Å². The van der Waals surface area contributed by atoms with E-state index in [2.05, 4.69) is 15.8 Å². The molecular weight excluding hydrogens is 232 g/mol. The molecule has 0 atom stereocenters. The van der Waals surface area contributed by atoms with Gasteiger partial charge in [-0.05, 0) is 18.9 Å². The Kier molecular flexibility index (Phi) is 7.35. The first-order valence-corrected chi connectivity index (χ1v) is 6.25. The van der Waals surface area contributed by atoms with Crippen molar-refractivity contribution in [1.82, 2.24) is 10.6 Å². The van der Waals surface area contributed by atoms with Gasteiger partial charge >= 0.3 is 0 Å². The second-order valence-corrected chi connectivity index (χ2v) is 5.49. The summed E-state index contributed by atoms with van der Waals surface area (Å²) in [7, 11) is 0. The third-order valence-corrected chi connectivity index (χ3v) is 2.72. The molecule has 0 aliphatic heterocycles. The minimum absolute atomic E-state index is 0.00898. The third kappa shape index (κ3) is 7.11. The van der Waals surface area contributed by atoms with Crippen LogP contribution in [-0.4, -0.2) is 36.6 Å². The van der Waals surface area contributed by atoms with E-state index in [9.17, 15) is 4.79 Å². The fraction of sp³-hybridized carbons (Fsp3) is 0.833. The summed E-state index contributed by atoms with van der Waals surface area (Å²) in [6, 6.07) is 0. The van der Waals surface area contributed by atoms with Gasteiger partial charge in [-0.25, -0.2) is 0 Å². The normalized spacial score (nSPS) is 12.8. The van der Waals surface area contributed by atoms with Gasteiger partial charge in [0.2, 0.25) is 5.91 Å². The van der Waals surface area contributed by atoms with E-state index >= 15 is 0 Å². The summed E-state index contributed by atoms with van der Waals surface area (Å²) in [5.74, 6) is 0.646. The van der Waals surface area contributed by atoms with Crippen LogP contribution in [0.4, 0.5) is 0 Å². The summed E-state index contributed by atoms with van der Waals surface area (Å²) in [6.07, 6.45) is 0.695.